The van der Waals surface area contributed by atoms with Gasteiger partial charge in [-0.05, 0) is 67.8 Å². The Labute approximate surface area is 180 Å². The van der Waals surface area contributed by atoms with Gasteiger partial charge in [-0.1, -0.05) is 13.8 Å². The van der Waals surface area contributed by atoms with E-state index >= 15 is 0 Å². The van der Waals surface area contributed by atoms with E-state index in [1.807, 2.05) is 13.8 Å². The summed E-state index contributed by atoms with van der Waals surface area (Å²) in [5.74, 6) is 0.448. The smallest absolute Gasteiger partial charge is 0.172 e. The summed E-state index contributed by atoms with van der Waals surface area (Å²) in [6.07, 6.45) is 7.35. The molecule has 1 fully saturated rings. The van der Waals surface area contributed by atoms with Gasteiger partial charge in [-0.2, -0.15) is 0 Å². The van der Waals surface area contributed by atoms with Crippen LogP contribution >= 0.6 is 0 Å². The molecule has 3 aromatic rings. The molecule has 8 bridgehead atoms. The fourth-order valence-corrected chi connectivity index (χ4v) is 5.27. The highest BCUT2D eigenvalue weighted by Crippen LogP contribution is 2.44. The van der Waals surface area contributed by atoms with Crippen LogP contribution in [0, 0.1) is 25.7 Å². The Morgan fingerprint density at radius 3 is 2.52 bits per heavy atom. The zero-order chi connectivity index (χ0) is 21.4. The number of Topliss-reactive ketones (excluding diaryl/α,β-unsaturated/α-hetero) is 1. The Morgan fingerprint density at radius 1 is 0.935 bits per heavy atom. The highest BCUT2D eigenvalue weighted by atomic mass is 16.1. The van der Waals surface area contributed by atoms with Crippen molar-refractivity contribution >= 4 is 29.6 Å². The van der Waals surface area contributed by atoms with Crippen LogP contribution in [0.1, 0.15) is 64.5 Å². The Morgan fingerprint density at radius 2 is 1.71 bits per heavy atom. The van der Waals surface area contributed by atoms with Gasteiger partial charge in [0.25, 0.3) is 0 Å². The third-order valence-electron chi connectivity index (χ3n) is 7.01. The molecule has 0 radical (unpaired) electrons. The van der Waals surface area contributed by atoms with Crippen LogP contribution in [0.5, 0.6) is 0 Å². The lowest BCUT2D eigenvalue weighted by Crippen LogP contribution is -2.12. The van der Waals surface area contributed by atoms with Gasteiger partial charge in [0.05, 0.1) is 5.69 Å². The molecule has 5 heteroatoms. The molecule has 1 aliphatic carbocycles. The van der Waals surface area contributed by atoms with E-state index in [1.54, 1.807) is 0 Å². The number of nitrogens with one attached hydrogen (secondary N) is 4. The fourth-order valence-electron chi connectivity index (χ4n) is 5.27. The average Bonchev–Trinajstić information content (AvgIpc) is 3.49. The minimum absolute atomic E-state index is 0.132. The molecule has 0 amide bonds. The number of rotatable bonds is 0. The summed E-state index contributed by atoms with van der Waals surface area (Å²) in [7, 11) is 0. The molecule has 4 N–H and O–H groups in total. The number of aromatic nitrogens is 3. The molecular formula is C26H26N4O. The number of carbonyl (C=O) groups excluding carboxylic acids is 1. The SMILES string of the molecule is Cc1cc2[nH]c1/C=C1\N/C(=C3\c4[nH]c(c(C)c4C(=O)[C@@H]3C)/C=c3/cc/c([nH]3)=C/2)C[C@@H]1C. The lowest BCUT2D eigenvalue weighted by molar-refractivity contribution is 0.0965. The zero-order valence-corrected chi connectivity index (χ0v) is 18.2. The topological polar surface area (TPSA) is 76.5 Å². The second-order valence-corrected chi connectivity index (χ2v) is 9.20. The van der Waals surface area contributed by atoms with Gasteiger partial charge in [-0.25, -0.2) is 0 Å². The number of aromatic amines is 3. The first kappa shape index (κ1) is 18.3. The largest absolute Gasteiger partial charge is 0.362 e. The molecule has 0 aromatic carbocycles. The molecule has 0 unspecified atom stereocenters. The van der Waals surface area contributed by atoms with Gasteiger partial charge in [0.2, 0.25) is 0 Å². The molecule has 5 heterocycles. The van der Waals surface area contributed by atoms with Crippen LogP contribution in [0.2, 0.25) is 0 Å². The number of hydrogen-bond donors (Lipinski definition) is 4. The number of hydrogen-bond acceptors (Lipinski definition) is 2. The van der Waals surface area contributed by atoms with Crippen LogP contribution in [-0.2, 0) is 0 Å². The molecule has 156 valence electrons. The molecule has 0 saturated carbocycles. The van der Waals surface area contributed by atoms with Gasteiger partial charge < -0.3 is 20.3 Å². The third kappa shape index (κ3) is 2.66. The Kier molecular flexibility index (Phi) is 3.70. The summed E-state index contributed by atoms with van der Waals surface area (Å²) in [5.41, 5.74) is 10.7. The highest BCUT2D eigenvalue weighted by Gasteiger charge is 2.39. The quantitative estimate of drug-likeness (QED) is 0.458. The molecular weight excluding hydrogens is 384 g/mol. The van der Waals surface area contributed by atoms with Crippen molar-refractivity contribution in [3.63, 3.8) is 0 Å². The number of aryl methyl sites for hydroxylation is 1. The maximum absolute atomic E-state index is 13.2. The summed E-state index contributed by atoms with van der Waals surface area (Å²) >= 11 is 0. The van der Waals surface area contributed by atoms with Crippen molar-refractivity contribution in [1.29, 1.82) is 0 Å². The van der Waals surface area contributed by atoms with Gasteiger partial charge >= 0.3 is 0 Å². The van der Waals surface area contributed by atoms with Crippen LogP contribution in [0.15, 0.2) is 29.6 Å². The normalized spacial score (nSPS) is 27.9. The first-order chi connectivity index (χ1) is 14.9. The number of H-pyrrole nitrogens is 3. The van der Waals surface area contributed by atoms with Crippen molar-refractivity contribution < 1.29 is 4.79 Å². The first-order valence-electron chi connectivity index (χ1n) is 11.0. The van der Waals surface area contributed by atoms with E-state index < -0.39 is 0 Å². The Balaban J connectivity index is 1.67. The number of allylic oxidation sites excluding steroid dienone is 3. The zero-order valence-electron chi connectivity index (χ0n) is 18.2. The molecule has 6 rings (SSSR count). The minimum Gasteiger partial charge on any atom is -0.362 e. The molecule has 1 saturated heterocycles. The number of fused-ring (bicyclic) bond motifs is 7. The fraction of sp³-hybridized carbons (Fsp3) is 0.269. The van der Waals surface area contributed by atoms with Crippen molar-refractivity contribution in [3.8, 4) is 0 Å². The van der Waals surface area contributed by atoms with E-state index in [9.17, 15) is 4.79 Å². The monoisotopic (exact) mass is 410 g/mol. The molecule has 5 nitrogen and oxygen atoms in total. The third-order valence-corrected chi connectivity index (χ3v) is 7.01. The maximum Gasteiger partial charge on any atom is 0.172 e. The van der Waals surface area contributed by atoms with Gasteiger partial charge in [0, 0.05) is 62.1 Å². The van der Waals surface area contributed by atoms with E-state index in [4.69, 9.17) is 0 Å². The van der Waals surface area contributed by atoms with Gasteiger partial charge in [-0.15, -0.1) is 0 Å². The Bertz CT molecular complexity index is 1450. The molecule has 3 aromatic heterocycles. The van der Waals surface area contributed by atoms with E-state index in [0.29, 0.717) is 5.92 Å². The lowest BCUT2D eigenvalue weighted by atomic mass is 9.97. The van der Waals surface area contributed by atoms with E-state index in [2.05, 4.69) is 70.5 Å². The van der Waals surface area contributed by atoms with Crippen LogP contribution in [0.3, 0.4) is 0 Å². The highest BCUT2D eigenvalue weighted by molar-refractivity contribution is 6.15. The molecule has 2 aliphatic heterocycles. The summed E-state index contributed by atoms with van der Waals surface area (Å²) < 4.78 is 0. The summed E-state index contributed by atoms with van der Waals surface area (Å²) in [5, 5.41) is 5.72. The first-order valence-corrected chi connectivity index (χ1v) is 11.0. The van der Waals surface area contributed by atoms with Crippen LogP contribution in [-0.4, -0.2) is 20.7 Å². The summed E-state index contributed by atoms with van der Waals surface area (Å²) in [6.45, 7) is 8.45. The Hall–Kier alpha value is -3.47. The lowest BCUT2D eigenvalue weighted by Gasteiger charge is -2.11. The van der Waals surface area contributed by atoms with Crippen molar-refractivity contribution in [2.24, 2.45) is 11.8 Å². The van der Waals surface area contributed by atoms with Gasteiger partial charge in [0.1, 0.15) is 0 Å². The van der Waals surface area contributed by atoms with E-state index in [-0.39, 0.29) is 11.7 Å². The van der Waals surface area contributed by atoms with Crippen LogP contribution < -0.4 is 16.0 Å². The molecule has 0 spiro atoms. The van der Waals surface area contributed by atoms with Crippen molar-refractivity contribution in [3.05, 3.63) is 79.8 Å². The predicted octanol–water partition coefficient (Wildman–Crippen LogP) is 3.47. The van der Waals surface area contributed by atoms with E-state index in [1.165, 1.54) is 11.3 Å². The average molecular weight is 411 g/mol. The summed E-state index contributed by atoms with van der Waals surface area (Å²) in [6, 6.07) is 6.33. The predicted molar refractivity (Wildman–Crippen MR) is 124 cm³/mol. The van der Waals surface area contributed by atoms with Crippen molar-refractivity contribution in [2.45, 2.75) is 34.1 Å². The number of ketones is 1. The van der Waals surface area contributed by atoms with Crippen molar-refractivity contribution in [1.82, 2.24) is 20.3 Å². The second-order valence-electron chi connectivity index (χ2n) is 9.20. The standard InChI is InChI=1S/C26H26N4O/c1-12-7-18-9-16-5-6-17(27-16)10-21-14(3)24-25(30-21)23(15(4)26(24)31)22-8-13(2)20(29-22)11-19(12)28-18/h5-7,9-11,13,15,27-30H,8H2,1-4H3/b16-9-,17-10-,20-11-,23-22-/t13-,15+/m0/s1. The molecule has 2 atom stereocenters. The second kappa shape index (κ2) is 6.27. The maximum atomic E-state index is 13.2. The van der Waals surface area contributed by atoms with Crippen molar-refractivity contribution in [2.75, 3.05) is 0 Å². The van der Waals surface area contributed by atoms with Gasteiger partial charge in [0.15, 0.2) is 5.78 Å². The molecule has 3 aliphatic rings. The van der Waals surface area contributed by atoms with Crippen LogP contribution in [0.4, 0.5) is 0 Å². The number of carbonyl (C=O) groups is 1. The van der Waals surface area contributed by atoms with Gasteiger partial charge in [-0.3, -0.25) is 4.79 Å². The molecule has 31 heavy (non-hydrogen) atoms. The minimum atomic E-state index is -0.132. The van der Waals surface area contributed by atoms with E-state index in [0.717, 1.165) is 62.3 Å². The van der Waals surface area contributed by atoms with Crippen LogP contribution in [0.25, 0.3) is 23.8 Å². The summed E-state index contributed by atoms with van der Waals surface area (Å²) in [4.78, 5) is 23.8.